The molecule has 172 valence electrons. The van der Waals surface area contributed by atoms with Gasteiger partial charge < -0.3 is 9.15 Å². The average Bonchev–Trinajstić information content (AvgIpc) is 3.23. The Morgan fingerprint density at radius 1 is 1.12 bits per heavy atom. The third-order valence-electron chi connectivity index (χ3n) is 4.89. The van der Waals surface area contributed by atoms with Crippen molar-refractivity contribution in [1.82, 2.24) is 5.43 Å². The van der Waals surface area contributed by atoms with Crippen LogP contribution in [0.5, 0.6) is 5.75 Å². The molecule has 4 aromatic rings. The van der Waals surface area contributed by atoms with E-state index in [1.54, 1.807) is 30.3 Å². The van der Waals surface area contributed by atoms with Crippen molar-refractivity contribution in [3.63, 3.8) is 0 Å². The fourth-order valence-corrected chi connectivity index (χ4v) is 4.31. The molecule has 0 aliphatic carbocycles. The zero-order chi connectivity index (χ0) is 24.1. The molecule has 0 aliphatic heterocycles. The second-order valence-electron chi connectivity index (χ2n) is 7.39. The lowest BCUT2D eigenvalue weighted by Gasteiger charge is -2.14. The molecule has 1 amide bonds. The Hall–Kier alpha value is -3.23. The number of rotatable bonds is 8. The van der Waals surface area contributed by atoms with Crippen molar-refractivity contribution < 1.29 is 18.3 Å². The quantitative estimate of drug-likeness (QED) is 0.135. The number of benzene rings is 3. The second kappa shape index (κ2) is 10.8. The molecular formula is C26H19Br2FN2O3. The molecule has 0 spiro atoms. The molecule has 0 saturated heterocycles. The number of nitrogens with one attached hydrogen (secondary N) is 1. The van der Waals surface area contributed by atoms with E-state index in [-0.39, 0.29) is 11.6 Å². The minimum Gasteiger partial charge on any atom is -0.487 e. The lowest BCUT2D eigenvalue weighted by Crippen LogP contribution is -2.16. The van der Waals surface area contributed by atoms with Crippen LogP contribution in [-0.4, -0.2) is 12.1 Å². The highest BCUT2D eigenvalue weighted by molar-refractivity contribution is 9.10. The Bertz CT molecular complexity index is 1380. The third-order valence-corrected chi connectivity index (χ3v) is 5.97. The topological polar surface area (TPSA) is 63.8 Å². The summed E-state index contributed by atoms with van der Waals surface area (Å²) in [5.41, 5.74) is 5.60. The van der Waals surface area contributed by atoms with Gasteiger partial charge in [-0.25, -0.2) is 9.82 Å². The van der Waals surface area contributed by atoms with E-state index in [1.807, 2.05) is 24.3 Å². The maximum Gasteiger partial charge on any atom is 0.307 e. The van der Waals surface area contributed by atoms with E-state index in [1.165, 1.54) is 18.3 Å². The molecule has 0 fully saturated rings. The Kier molecular flexibility index (Phi) is 7.59. The largest absolute Gasteiger partial charge is 0.487 e. The highest BCUT2D eigenvalue weighted by Gasteiger charge is 2.13. The summed E-state index contributed by atoms with van der Waals surface area (Å²) in [7, 11) is 0. The SMILES string of the molecule is C=CCc1cc(/C=N/NC(=O)c2cc3cc(Br)ccc3o2)cc(Br)c1OCc1ccc(F)cc1. The molecule has 1 heterocycles. The minimum absolute atomic E-state index is 0.170. The van der Waals surface area contributed by atoms with Gasteiger partial charge in [0.1, 0.15) is 23.8 Å². The third kappa shape index (κ3) is 5.81. The van der Waals surface area contributed by atoms with Crippen molar-refractivity contribution in [2.75, 3.05) is 0 Å². The number of hydrazone groups is 1. The molecule has 34 heavy (non-hydrogen) atoms. The summed E-state index contributed by atoms with van der Waals surface area (Å²) in [6.07, 6.45) is 3.88. The van der Waals surface area contributed by atoms with Crippen LogP contribution in [0, 0.1) is 5.82 Å². The standard InChI is InChI=1S/C26H19Br2FN2O3/c1-2-3-18-10-17(11-22(28)25(18)33-15-16-4-7-21(29)8-5-16)14-30-31-26(32)24-13-19-12-20(27)6-9-23(19)34-24/h2,4-14H,1,3,15H2,(H,31,32)/b30-14+. The summed E-state index contributed by atoms with van der Waals surface area (Å²) in [4.78, 5) is 12.4. The Labute approximate surface area is 212 Å². The van der Waals surface area contributed by atoms with Crippen LogP contribution in [0.1, 0.15) is 27.2 Å². The highest BCUT2D eigenvalue weighted by Crippen LogP contribution is 2.32. The zero-order valence-corrected chi connectivity index (χ0v) is 21.0. The maximum absolute atomic E-state index is 13.1. The minimum atomic E-state index is -0.451. The fraction of sp³-hybridized carbons (Fsp3) is 0.0769. The van der Waals surface area contributed by atoms with E-state index in [9.17, 15) is 9.18 Å². The molecule has 5 nitrogen and oxygen atoms in total. The zero-order valence-electron chi connectivity index (χ0n) is 17.9. The summed E-state index contributed by atoms with van der Waals surface area (Å²) in [6, 6.07) is 17.1. The van der Waals surface area contributed by atoms with E-state index in [2.05, 4.69) is 49.0 Å². The summed E-state index contributed by atoms with van der Waals surface area (Å²) < 4.78 is 26.3. The van der Waals surface area contributed by atoms with Crippen LogP contribution in [-0.2, 0) is 13.0 Å². The number of furan rings is 1. The first-order valence-electron chi connectivity index (χ1n) is 10.3. The van der Waals surface area contributed by atoms with Gasteiger partial charge in [0, 0.05) is 9.86 Å². The predicted octanol–water partition coefficient (Wildman–Crippen LogP) is 7.17. The molecule has 0 bridgehead atoms. The molecule has 1 aromatic heterocycles. The Morgan fingerprint density at radius 2 is 1.91 bits per heavy atom. The summed E-state index contributed by atoms with van der Waals surface area (Å²) in [6.45, 7) is 4.10. The van der Waals surface area contributed by atoms with E-state index < -0.39 is 5.91 Å². The maximum atomic E-state index is 13.1. The van der Waals surface area contributed by atoms with Gasteiger partial charge in [0.2, 0.25) is 0 Å². The number of allylic oxidation sites excluding steroid dienone is 1. The molecule has 1 N–H and O–H groups in total. The number of carbonyl (C=O) groups excluding carboxylic acids is 1. The van der Waals surface area contributed by atoms with Gasteiger partial charge >= 0.3 is 5.91 Å². The second-order valence-corrected chi connectivity index (χ2v) is 9.16. The molecule has 4 rings (SSSR count). The Morgan fingerprint density at radius 3 is 2.68 bits per heavy atom. The molecule has 8 heteroatoms. The predicted molar refractivity (Wildman–Crippen MR) is 138 cm³/mol. The van der Waals surface area contributed by atoms with Crippen LogP contribution in [0.25, 0.3) is 11.0 Å². The van der Waals surface area contributed by atoms with Crippen molar-refractivity contribution in [3.8, 4) is 5.75 Å². The van der Waals surface area contributed by atoms with Gasteiger partial charge in [-0.2, -0.15) is 5.10 Å². The molecule has 0 saturated carbocycles. The lowest BCUT2D eigenvalue weighted by molar-refractivity contribution is 0.0929. The van der Waals surface area contributed by atoms with Gasteiger partial charge in [-0.05, 0) is 87.6 Å². The van der Waals surface area contributed by atoms with Gasteiger partial charge in [-0.15, -0.1) is 6.58 Å². The van der Waals surface area contributed by atoms with Crippen molar-refractivity contribution in [2.24, 2.45) is 5.10 Å². The first kappa shape index (κ1) is 23.9. The van der Waals surface area contributed by atoms with Gasteiger partial charge in [0.05, 0.1) is 10.7 Å². The number of amides is 1. The van der Waals surface area contributed by atoms with Crippen molar-refractivity contribution in [1.29, 1.82) is 0 Å². The number of hydrogen-bond acceptors (Lipinski definition) is 4. The van der Waals surface area contributed by atoms with Gasteiger partial charge in [-0.1, -0.05) is 34.1 Å². The number of ether oxygens (including phenoxy) is 1. The van der Waals surface area contributed by atoms with Crippen LogP contribution >= 0.6 is 31.9 Å². The van der Waals surface area contributed by atoms with Crippen LogP contribution in [0.4, 0.5) is 4.39 Å². The highest BCUT2D eigenvalue weighted by atomic mass is 79.9. The van der Waals surface area contributed by atoms with Gasteiger partial charge in [0.15, 0.2) is 5.76 Å². The van der Waals surface area contributed by atoms with E-state index in [0.717, 1.165) is 31.0 Å². The molecule has 3 aromatic carbocycles. The number of fused-ring (bicyclic) bond motifs is 1. The van der Waals surface area contributed by atoms with Crippen molar-refractivity contribution >= 4 is 55.0 Å². The number of hydrogen-bond donors (Lipinski definition) is 1. The lowest BCUT2D eigenvalue weighted by atomic mass is 10.1. The molecule has 0 radical (unpaired) electrons. The van der Waals surface area contributed by atoms with Crippen LogP contribution in [0.2, 0.25) is 0 Å². The molecule has 0 atom stereocenters. The number of carbonyl (C=O) groups is 1. The van der Waals surface area contributed by atoms with E-state index >= 15 is 0 Å². The van der Waals surface area contributed by atoms with Gasteiger partial charge in [0.25, 0.3) is 0 Å². The monoisotopic (exact) mass is 584 g/mol. The van der Waals surface area contributed by atoms with Crippen molar-refractivity contribution in [3.05, 3.63) is 111 Å². The molecular weight excluding hydrogens is 567 g/mol. The van der Waals surface area contributed by atoms with Crippen LogP contribution in [0.15, 0.2) is 91.8 Å². The van der Waals surface area contributed by atoms with Crippen molar-refractivity contribution in [2.45, 2.75) is 13.0 Å². The van der Waals surface area contributed by atoms with Crippen LogP contribution in [0.3, 0.4) is 0 Å². The molecule has 0 aliphatic rings. The fourth-order valence-electron chi connectivity index (χ4n) is 3.30. The van der Waals surface area contributed by atoms with Gasteiger partial charge in [-0.3, -0.25) is 4.79 Å². The first-order chi connectivity index (χ1) is 16.4. The normalized spacial score (nSPS) is 11.1. The Balaban J connectivity index is 1.46. The average molecular weight is 586 g/mol. The summed E-state index contributed by atoms with van der Waals surface area (Å²) in [5, 5.41) is 4.88. The smallest absolute Gasteiger partial charge is 0.307 e. The summed E-state index contributed by atoms with van der Waals surface area (Å²) in [5.74, 6) is 0.0942. The first-order valence-corrected chi connectivity index (χ1v) is 11.8. The van der Waals surface area contributed by atoms with E-state index in [0.29, 0.717) is 24.4 Å². The number of nitrogens with zero attached hydrogens (tertiary/aromatic N) is 1. The number of halogens is 3. The van der Waals surface area contributed by atoms with E-state index in [4.69, 9.17) is 9.15 Å². The molecule has 0 unspecified atom stereocenters. The van der Waals surface area contributed by atoms with Crippen LogP contribution < -0.4 is 10.2 Å². The summed E-state index contributed by atoms with van der Waals surface area (Å²) >= 11 is 6.95.